The van der Waals surface area contributed by atoms with Crippen LogP contribution in [-0.2, 0) is 4.79 Å². The van der Waals surface area contributed by atoms with Crippen LogP contribution >= 0.6 is 0 Å². The number of carbonyl (C=O) groups excluding carboxylic acids is 2. The highest BCUT2D eigenvalue weighted by molar-refractivity contribution is 5.99. The molecular formula is C16H11F5N2O3. The van der Waals surface area contributed by atoms with Crippen molar-refractivity contribution in [3.8, 4) is 5.75 Å². The number of nitrogens with one attached hydrogen (secondary N) is 2. The summed E-state index contributed by atoms with van der Waals surface area (Å²) in [5, 5.41) is 4.48. The van der Waals surface area contributed by atoms with Crippen molar-refractivity contribution in [2.75, 3.05) is 11.9 Å². The van der Waals surface area contributed by atoms with Gasteiger partial charge in [0.05, 0.1) is 6.54 Å². The Bertz CT molecular complexity index is 807. The number of hydrogen-bond acceptors (Lipinski definition) is 3. The number of rotatable bonds is 5. The summed E-state index contributed by atoms with van der Waals surface area (Å²) in [4.78, 5) is 23.5. The van der Waals surface area contributed by atoms with Crippen LogP contribution in [0.4, 0.5) is 27.6 Å². The van der Waals surface area contributed by atoms with E-state index in [1.165, 1.54) is 0 Å². The maximum Gasteiger partial charge on any atom is 0.573 e. The van der Waals surface area contributed by atoms with Gasteiger partial charge in [-0.3, -0.25) is 9.59 Å². The molecule has 5 nitrogen and oxygen atoms in total. The Morgan fingerprint density at radius 3 is 2.19 bits per heavy atom. The summed E-state index contributed by atoms with van der Waals surface area (Å²) >= 11 is 0. The van der Waals surface area contributed by atoms with Crippen molar-refractivity contribution in [3.63, 3.8) is 0 Å². The van der Waals surface area contributed by atoms with E-state index in [1.54, 1.807) is 0 Å². The molecule has 10 heteroatoms. The van der Waals surface area contributed by atoms with Gasteiger partial charge in [0.1, 0.15) is 5.75 Å². The fourth-order valence-electron chi connectivity index (χ4n) is 1.85. The summed E-state index contributed by atoms with van der Waals surface area (Å²) < 4.78 is 65.6. The van der Waals surface area contributed by atoms with E-state index in [-0.39, 0.29) is 11.3 Å². The van der Waals surface area contributed by atoms with Gasteiger partial charge >= 0.3 is 6.36 Å². The van der Waals surface area contributed by atoms with Gasteiger partial charge in [-0.15, -0.1) is 13.2 Å². The molecule has 0 aromatic heterocycles. The Hall–Kier alpha value is -3.17. The average molecular weight is 374 g/mol. The van der Waals surface area contributed by atoms with E-state index in [0.717, 1.165) is 42.5 Å². The van der Waals surface area contributed by atoms with Gasteiger partial charge in [0.2, 0.25) is 5.91 Å². The standard InChI is InChI=1S/C16H11F5N2O3/c17-12-6-3-10(7-13(12)18)23-14(24)8-22-15(25)9-1-4-11(5-2-9)26-16(19,20)21/h1-7H,8H2,(H,22,25)(H,23,24). The van der Waals surface area contributed by atoms with Gasteiger partial charge in [-0.1, -0.05) is 0 Å². The summed E-state index contributed by atoms with van der Waals surface area (Å²) in [5.74, 6) is -4.14. The first-order chi connectivity index (χ1) is 12.1. The molecule has 2 rings (SSSR count). The van der Waals surface area contributed by atoms with Crippen LogP contribution in [-0.4, -0.2) is 24.7 Å². The first-order valence-electron chi connectivity index (χ1n) is 7.03. The molecule has 0 spiro atoms. The third-order valence-electron chi connectivity index (χ3n) is 2.96. The van der Waals surface area contributed by atoms with Crippen LogP contribution in [0, 0.1) is 11.6 Å². The number of amides is 2. The number of halogens is 5. The van der Waals surface area contributed by atoms with Crippen molar-refractivity contribution < 1.29 is 36.3 Å². The molecule has 26 heavy (non-hydrogen) atoms. The van der Waals surface area contributed by atoms with E-state index in [0.29, 0.717) is 0 Å². The van der Waals surface area contributed by atoms with Crippen LogP contribution in [0.1, 0.15) is 10.4 Å². The maximum atomic E-state index is 13.0. The van der Waals surface area contributed by atoms with Crippen LogP contribution in [0.15, 0.2) is 42.5 Å². The van der Waals surface area contributed by atoms with E-state index >= 15 is 0 Å². The Balaban J connectivity index is 1.87. The van der Waals surface area contributed by atoms with Crippen molar-refractivity contribution in [1.82, 2.24) is 5.32 Å². The first kappa shape index (κ1) is 19.2. The second kappa shape index (κ2) is 7.81. The highest BCUT2D eigenvalue weighted by Gasteiger charge is 2.31. The number of benzene rings is 2. The minimum absolute atomic E-state index is 0.000140. The summed E-state index contributed by atoms with van der Waals surface area (Å²) in [6, 6.07) is 6.81. The third-order valence-corrected chi connectivity index (χ3v) is 2.96. The zero-order valence-electron chi connectivity index (χ0n) is 12.9. The summed E-state index contributed by atoms with van der Waals surface area (Å²) in [7, 11) is 0. The van der Waals surface area contributed by atoms with E-state index < -0.39 is 42.1 Å². The second-order valence-corrected chi connectivity index (χ2v) is 4.93. The molecule has 138 valence electrons. The molecular weight excluding hydrogens is 363 g/mol. The number of hydrogen-bond donors (Lipinski definition) is 2. The van der Waals surface area contributed by atoms with Crippen molar-refractivity contribution in [1.29, 1.82) is 0 Å². The lowest BCUT2D eigenvalue weighted by atomic mass is 10.2. The highest BCUT2D eigenvalue weighted by Crippen LogP contribution is 2.22. The minimum atomic E-state index is -4.85. The Labute approximate surface area is 143 Å². The fourth-order valence-corrected chi connectivity index (χ4v) is 1.85. The SMILES string of the molecule is O=C(CNC(=O)c1ccc(OC(F)(F)F)cc1)Nc1ccc(F)c(F)c1. The summed E-state index contributed by atoms with van der Waals surface area (Å²) in [5.41, 5.74) is -0.00282. The van der Waals surface area contributed by atoms with Gasteiger partial charge in [-0.05, 0) is 36.4 Å². The van der Waals surface area contributed by atoms with Gasteiger partial charge in [-0.25, -0.2) is 8.78 Å². The minimum Gasteiger partial charge on any atom is -0.406 e. The van der Waals surface area contributed by atoms with Gasteiger partial charge in [0.25, 0.3) is 5.91 Å². The lowest BCUT2D eigenvalue weighted by molar-refractivity contribution is -0.274. The molecule has 0 saturated heterocycles. The van der Waals surface area contributed by atoms with E-state index in [9.17, 15) is 31.5 Å². The molecule has 2 N–H and O–H groups in total. The molecule has 0 bridgehead atoms. The normalized spacial score (nSPS) is 11.0. The topological polar surface area (TPSA) is 67.4 Å². The van der Waals surface area contributed by atoms with Crippen LogP contribution in [0.25, 0.3) is 0 Å². The molecule has 0 radical (unpaired) electrons. The van der Waals surface area contributed by atoms with E-state index in [4.69, 9.17) is 0 Å². The van der Waals surface area contributed by atoms with Gasteiger partial charge in [0.15, 0.2) is 11.6 Å². The van der Waals surface area contributed by atoms with Gasteiger partial charge < -0.3 is 15.4 Å². The van der Waals surface area contributed by atoms with Gasteiger partial charge in [-0.2, -0.15) is 0 Å². The van der Waals surface area contributed by atoms with Crippen LogP contribution in [0.5, 0.6) is 5.75 Å². The molecule has 0 heterocycles. The summed E-state index contributed by atoms with van der Waals surface area (Å²) in [6.07, 6.45) is -4.85. The molecule has 0 aliphatic heterocycles. The second-order valence-electron chi connectivity index (χ2n) is 4.93. The molecule has 0 atom stereocenters. The highest BCUT2D eigenvalue weighted by atomic mass is 19.4. The van der Waals surface area contributed by atoms with E-state index in [2.05, 4.69) is 15.4 Å². The third kappa shape index (κ3) is 5.72. The van der Waals surface area contributed by atoms with E-state index in [1.807, 2.05) is 0 Å². The van der Waals surface area contributed by atoms with Crippen LogP contribution in [0.2, 0.25) is 0 Å². The predicted octanol–water partition coefficient (Wildman–Crippen LogP) is 3.23. The van der Waals surface area contributed by atoms with Crippen LogP contribution < -0.4 is 15.4 Å². The number of ether oxygens (including phenoxy) is 1. The lowest BCUT2D eigenvalue weighted by Gasteiger charge is -2.10. The summed E-state index contributed by atoms with van der Waals surface area (Å²) in [6.45, 7) is -0.487. The smallest absolute Gasteiger partial charge is 0.406 e. The molecule has 2 amide bonds. The number of alkyl halides is 3. The Kier molecular flexibility index (Phi) is 5.75. The zero-order valence-corrected chi connectivity index (χ0v) is 12.9. The lowest BCUT2D eigenvalue weighted by Crippen LogP contribution is -2.32. The Morgan fingerprint density at radius 1 is 0.962 bits per heavy atom. The number of carbonyl (C=O) groups is 2. The molecule has 0 saturated carbocycles. The van der Waals surface area contributed by atoms with Gasteiger partial charge in [0, 0.05) is 17.3 Å². The van der Waals surface area contributed by atoms with Crippen molar-refractivity contribution >= 4 is 17.5 Å². The quantitative estimate of drug-likeness (QED) is 0.790. The molecule has 0 aliphatic rings. The predicted molar refractivity (Wildman–Crippen MR) is 80.4 cm³/mol. The maximum absolute atomic E-state index is 13.0. The zero-order chi connectivity index (χ0) is 19.3. The molecule has 2 aromatic rings. The van der Waals surface area contributed by atoms with Crippen LogP contribution in [0.3, 0.4) is 0 Å². The largest absolute Gasteiger partial charge is 0.573 e. The average Bonchev–Trinajstić information content (AvgIpc) is 2.55. The van der Waals surface area contributed by atoms with Crippen molar-refractivity contribution in [2.45, 2.75) is 6.36 Å². The molecule has 0 fully saturated rings. The van der Waals surface area contributed by atoms with Crippen molar-refractivity contribution in [2.24, 2.45) is 0 Å². The fraction of sp³-hybridized carbons (Fsp3) is 0.125. The molecule has 0 unspecified atom stereocenters. The van der Waals surface area contributed by atoms with Crippen molar-refractivity contribution in [3.05, 3.63) is 59.7 Å². The first-order valence-corrected chi connectivity index (χ1v) is 7.03. The monoisotopic (exact) mass is 374 g/mol. The molecule has 0 aliphatic carbocycles. The number of anilines is 1. The Morgan fingerprint density at radius 2 is 1.62 bits per heavy atom. The molecule has 2 aromatic carbocycles.